The fourth-order valence-corrected chi connectivity index (χ4v) is 1.03. The van der Waals surface area contributed by atoms with E-state index in [0.717, 1.165) is 0 Å². The minimum absolute atomic E-state index is 0.0639. The molecule has 1 aromatic heterocycles. The van der Waals surface area contributed by atoms with E-state index in [1.54, 1.807) is 0 Å². The van der Waals surface area contributed by atoms with Crippen LogP contribution in [0.25, 0.3) is 0 Å². The average Bonchev–Trinajstić information content (AvgIpc) is 2.46. The van der Waals surface area contributed by atoms with Crippen LogP contribution in [0.5, 0.6) is 0 Å². The average molecular weight is 203 g/mol. The monoisotopic (exact) mass is 202 g/mol. The highest BCUT2D eigenvalue weighted by molar-refractivity contribution is 6.67. The minimum Gasteiger partial charge on any atom is -0.464 e. The number of aromatic nitrogens is 2. The Balaban J connectivity index is 3.09. The van der Waals surface area contributed by atoms with Crippen LogP contribution < -0.4 is 0 Å². The maximum atomic E-state index is 10.9. The molecule has 13 heavy (non-hydrogen) atoms. The number of hydrogen-bond donors (Lipinski definition) is 0. The zero-order chi connectivity index (χ0) is 10.0. The standard InChI is InChI=1S/C7H7ClN2O3/c1-10-5(6(8)11)3-4(9-10)7(12)13-2/h3H,1-2H3. The van der Waals surface area contributed by atoms with E-state index in [9.17, 15) is 9.59 Å². The van der Waals surface area contributed by atoms with E-state index in [1.165, 1.54) is 24.9 Å². The van der Waals surface area contributed by atoms with E-state index in [0.29, 0.717) is 0 Å². The largest absolute Gasteiger partial charge is 0.464 e. The van der Waals surface area contributed by atoms with Gasteiger partial charge in [0.2, 0.25) is 0 Å². The van der Waals surface area contributed by atoms with Crippen LogP contribution in [0.3, 0.4) is 0 Å². The molecule has 0 saturated heterocycles. The van der Waals surface area contributed by atoms with E-state index < -0.39 is 11.2 Å². The van der Waals surface area contributed by atoms with Gasteiger partial charge in [-0.1, -0.05) is 0 Å². The molecule has 1 heterocycles. The van der Waals surface area contributed by atoms with E-state index in [4.69, 9.17) is 11.6 Å². The number of ether oxygens (including phenoxy) is 1. The Kier molecular flexibility index (Phi) is 2.67. The lowest BCUT2D eigenvalue weighted by Crippen LogP contribution is -2.03. The Morgan fingerprint density at radius 2 is 2.23 bits per heavy atom. The molecule has 6 heteroatoms. The Morgan fingerprint density at radius 3 is 2.62 bits per heavy atom. The van der Waals surface area contributed by atoms with Crippen LogP contribution in [-0.4, -0.2) is 28.1 Å². The number of halogens is 1. The van der Waals surface area contributed by atoms with Crippen LogP contribution in [0.2, 0.25) is 0 Å². The Morgan fingerprint density at radius 1 is 1.62 bits per heavy atom. The van der Waals surface area contributed by atoms with Gasteiger partial charge in [-0.15, -0.1) is 0 Å². The topological polar surface area (TPSA) is 61.2 Å². The summed E-state index contributed by atoms with van der Waals surface area (Å²) in [4.78, 5) is 21.7. The molecule has 5 nitrogen and oxygen atoms in total. The molecule has 0 saturated carbocycles. The number of hydrogen-bond acceptors (Lipinski definition) is 4. The first-order valence-electron chi connectivity index (χ1n) is 3.38. The van der Waals surface area contributed by atoms with E-state index in [1.807, 2.05) is 0 Å². The van der Waals surface area contributed by atoms with Crippen molar-refractivity contribution in [2.45, 2.75) is 0 Å². The lowest BCUT2D eigenvalue weighted by atomic mass is 10.4. The highest BCUT2D eigenvalue weighted by Crippen LogP contribution is 2.06. The second-order valence-electron chi connectivity index (χ2n) is 2.30. The van der Waals surface area contributed by atoms with E-state index >= 15 is 0 Å². The number of carbonyl (C=O) groups is 2. The summed E-state index contributed by atoms with van der Waals surface area (Å²) in [6.07, 6.45) is 0. The molecule has 1 rings (SSSR count). The molecule has 1 aromatic rings. The zero-order valence-corrected chi connectivity index (χ0v) is 7.83. The first-order chi connectivity index (χ1) is 6.06. The van der Waals surface area contributed by atoms with Crippen LogP contribution >= 0.6 is 11.6 Å². The molecule has 0 N–H and O–H groups in total. The number of nitrogens with zero attached hydrogens (tertiary/aromatic N) is 2. The molecule has 0 radical (unpaired) electrons. The van der Waals surface area contributed by atoms with Gasteiger partial charge in [-0.3, -0.25) is 9.48 Å². The summed E-state index contributed by atoms with van der Waals surface area (Å²) in [7, 11) is 2.75. The summed E-state index contributed by atoms with van der Waals surface area (Å²) in [6, 6.07) is 1.28. The second kappa shape index (κ2) is 3.57. The Labute approximate surface area is 79.2 Å². The summed E-state index contributed by atoms with van der Waals surface area (Å²) >= 11 is 5.22. The van der Waals surface area contributed by atoms with Gasteiger partial charge in [0.15, 0.2) is 5.69 Å². The van der Waals surface area contributed by atoms with Crippen molar-refractivity contribution in [2.24, 2.45) is 7.05 Å². The van der Waals surface area contributed by atoms with Gasteiger partial charge in [0.1, 0.15) is 5.69 Å². The van der Waals surface area contributed by atoms with Gasteiger partial charge in [-0.05, 0) is 11.6 Å². The summed E-state index contributed by atoms with van der Waals surface area (Å²) < 4.78 is 5.64. The lowest BCUT2D eigenvalue weighted by molar-refractivity contribution is 0.0593. The molecule has 0 aromatic carbocycles. The highest BCUT2D eigenvalue weighted by atomic mass is 35.5. The fourth-order valence-electron chi connectivity index (χ4n) is 0.856. The van der Waals surface area contributed by atoms with Crippen molar-refractivity contribution < 1.29 is 14.3 Å². The SMILES string of the molecule is COC(=O)c1cc(C(=O)Cl)n(C)n1. The summed E-state index contributed by atoms with van der Waals surface area (Å²) in [5, 5.41) is 3.08. The van der Waals surface area contributed by atoms with Crippen LogP contribution in [0, 0.1) is 0 Å². The summed E-state index contributed by atoms with van der Waals surface area (Å²) in [5.41, 5.74) is 0.219. The molecular weight excluding hydrogens is 196 g/mol. The number of rotatable bonds is 2. The quantitative estimate of drug-likeness (QED) is 0.520. The van der Waals surface area contributed by atoms with Gasteiger partial charge in [0.05, 0.1) is 7.11 Å². The first-order valence-corrected chi connectivity index (χ1v) is 3.76. The third-order valence-corrected chi connectivity index (χ3v) is 1.67. The predicted octanol–water partition coefficient (Wildman–Crippen LogP) is 0.586. The number of carbonyl (C=O) groups excluding carboxylic acids is 2. The molecule has 0 spiro atoms. The molecule has 0 atom stereocenters. The van der Waals surface area contributed by atoms with Crippen molar-refractivity contribution in [2.75, 3.05) is 7.11 Å². The van der Waals surface area contributed by atoms with Crippen molar-refractivity contribution >= 4 is 22.8 Å². The van der Waals surface area contributed by atoms with Gasteiger partial charge >= 0.3 is 5.97 Å². The van der Waals surface area contributed by atoms with E-state index in [-0.39, 0.29) is 11.4 Å². The van der Waals surface area contributed by atoms with Crippen molar-refractivity contribution in [1.29, 1.82) is 0 Å². The van der Waals surface area contributed by atoms with Gasteiger partial charge < -0.3 is 4.74 Å². The summed E-state index contributed by atoms with van der Waals surface area (Å²) in [6.45, 7) is 0. The van der Waals surface area contributed by atoms with E-state index in [2.05, 4.69) is 9.84 Å². The maximum absolute atomic E-state index is 10.9. The molecule has 0 fully saturated rings. The Bertz CT molecular complexity index is 359. The molecule has 0 aliphatic carbocycles. The second-order valence-corrected chi connectivity index (χ2v) is 2.65. The lowest BCUT2D eigenvalue weighted by Gasteiger charge is -1.91. The maximum Gasteiger partial charge on any atom is 0.358 e. The van der Waals surface area contributed by atoms with Gasteiger partial charge in [0.25, 0.3) is 5.24 Å². The Hall–Kier alpha value is -1.36. The van der Waals surface area contributed by atoms with Crippen LogP contribution in [-0.2, 0) is 11.8 Å². The molecule has 70 valence electrons. The normalized spacial score (nSPS) is 9.77. The number of methoxy groups -OCH3 is 1. The summed E-state index contributed by atoms with van der Waals surface area (Å²) in [5.74, 6) is -0.597. The highest BCUT2D eigenvalue weighted by Gasteiger charge is 2.15. The molecule has 0 amide bonds. The van der Waals surface area contributed by atoms with Crippen molar-refractivity contribution in [3.63, 3.8) is 0 Å². The van der Waals surface area contributed by atoms with Gasteiger partial charge in [-0.25, -0.2) is 4.79 Å². The molecule has 0 aliphatic heterocycles. The van der Waals surface area contributed by atoms with Crippen LogP contribution in [0.1, 0.15) is 21.0 Å². The van der Waals surface area contributed by atoms with Crippen molar-refractivity contribution in [3.8, 4) is 0 Å². The third kappa shape index (κ3) is 1.86. The molecule has 0 bridgehead atoms. The number of aryl methyl sites for hydroxylation is 1. The molecular formula is C7H7ClN2O3. The smallest absolute Gasteiger partial charge is 0.358 e. The first kappa shape index (κ1) is 9.73. The van der Waals surface area contributed by atoms with Crippen LogP contribution in [0.15, 0.2) is 6.07 Å². The third-order valence-electron chi connectivity index (χ3n) is 1.48. The molecule has 0 aliphatic rings. The van der Waals surface area contributed by atoms with Gasteiger partial charge in [-0.2, -0.15) is 5.10 Å². The van der Waals surface area contributed by atoms with Gasteiger partial charge in [0, 0.05) is 13.1 Å². The van der Waals surface area contributed by atoms with Crippen molar-refractivity contribution in [3.05, 3.63) is 17.5 Å². The predicted molar refractivity (Wildman–Crippen MR) is 44.7 cm³/mol. The molecule has 0 unspecified atom stereocenters. The zero-order valence-electron chi connectivity index (χ0n) is 7.07. The van der Waals surface area contributed by atoms with Crippen LogP contribution in [0.4, 0.5) is 0 Å². The van der Waals surface area contributed by atoms with Crippen molar-refractivity contribution in [1.82, 2.24) is 9.78 Å². The fraction of sp³-hybridized carbons (Fsp3) is 0.286. The number of esters is 1. The minimum atomic E-state index is -0.662.